The SMILES string of the molecule is c1ccc(-c2cc(-c3cnc4ccccc4c3)[nH]n2)cc1. The van der Waals surface area contributed by atoms with Crippen molar-refractivity contribution in [2.24, 2.45) is 0 Å². The van der Waals surface area contributed by atoms with E-state index < -0.39 is 0 Å². The summed E-state index contributed by atoms with van der Waals surface area (Å²) in [6, 6.07) is 22.4. The maximum Gasteiger partial charge on any atom is 0.0927 e. The van der Waals surface area contributed by atoms with Crippen molar-refractivity contribution >= 4 is 10.9 Å². The first kappa shape index (κ1) is 11.9. The minimum atomic E-state index is 0.943. The summed E-state index contributed by atoms with van der Waals surface area (Å²) in [5, 5.41) is 8.62. The summed E-state index contributed by atoms with van der Waals surface area (Å²) in [5.41, 5.74) is 5.08. The third-order valence-corrected chi connectivity index (χ3v) is 3.55. The summed E-state index contributed by atoms with van der Waals surface area (Å²) in [4.78, 5) is 4.49. The van der Waals surface area contributed by atoms with Crippen LogP contribution >= 0.6 is 0 Å². The monoisotopic (exact) mass is 271 g/mol. The lowest BCUT2D eigenvalue weighted by atomic mass is 10.1. The van der Waals surface area contributed by atoms with Gasteiger partial charge < -0.3 is 0 Å². The zero-order chi connectivity index (χ0) is 14.1. The Morgan fingerprint density at radius 2 is 1.57 bits per heavy atom. The second-order valence-corrected chi connectivity index (χ2v) is 4.95. The molecule has 0 radical (unpaired) electrons. The van der Waals surface area contributed by atoms with Crippen LogP contribution in [0.5, 0.6) is 0 Å². The molecule has 0 fully saturated rings. The van der Waals surface area contributed by atoms with Gasteiger partial charge in [0.05, 0.1) is 16.9 Å². The van der Waals surface area contributed by atoms with Gasteiger partial charge in [0.25, 0.3) is 0 Å². The lowest BCUT2D eigenvalue weighted by Gasteiger charge is -2.00. The highest BCUT2D eigenvalue weighted by atomic mass is 15.1. The van der Waals surface area contributed by atoms with E-state index in [9.17, 15) is 0 Å². The maximum absolute atomic E-state index is 4.49. The first-order chi connectivity index (χ1) is 10.4. The van der Waals surface area contributed by atoms with Crippen molar-refractivity contribution < 1.29 is 0 Å². The number of hydrogen-bond acceptors (Lipinski definition) is 2. The molecule has 3 nitrogen and oxygen atoms in total. The van der Waals surface area contributed by atoms with Crippen LogP contribution in [0.4, 0.5) is 0 Å². The molecule has 0 aliphatic carbocycles. The first-order valence-electron chi connectivity index (χ1n) is 6.86. The number of benzene rings is 2. The summed E-state index contributed by atoms with van der Waals surface area (Å²) in [6.45, 7) is 0. The molecule has 2 heterocycles. The normalized spacial score (nSPS) is 10.9. The van der Waals surface area contributed by atoms with Gasteiger partial charge in [-0.2, -0.15) is 5.10 Å². The van der Waals surface area contributed by atoms with Crippen molar-refractivity contribution in [3.63, 3.8) is 0 Å². The van der Waals surface area contributed by atoms with Crippen LogP contribution in [-0.2, 0) is 0 Å². The Labute approximate surface area is 122 Å². The van der Waals surface area contributed by atoms with Crippen LogP contribution in [0.25, 0.3) is 33.4 Å². The Bertz CT molecular complexity index is 894. The van der Waals surface area contributed by atoms with Crippen LogP contribution in [0.15, 0.2) is 72.9 Å². The topological polar surface area (TPSA) is 41.6 Å². The van der Waals surface area contributed by atoms with Crippen molar-refractivity contribution in [3.05, 3.63) is 72.9 Å². The largest absolute Gasteiger partial charge is 0.277 e. The van der Waals surface area contributed by atoms with Crippen molar-refractivity contribution in [2.75, 3.05) is 0 Å². The molecule has 3 heteroatoms. The van der Waals surface area contributed by atoms with E-state index in [4.69, 9.17) is 0 Å². The zero-order valence-corrected chi connectivity index (χ0v) is 11.3. The van der Waals surface area contributed by atoms with E-state index in [1.165, 1.54) is 0 Å². The molecular weight excluding hydrogens is 258 g/mol. The second kappa shape index (κ2) is 4.87. The molecule has 21 heavy (non-hydrogen) atoms. The fraction of sp³-hybridized carbons (Fsp3) is 0. The summed E-state index contributed by atoms with van der Waals surface area (Å²) in [6.07, 6.45) is 1.88. The molecular formula is C18H13N3. The third kappa shape index (κ3) is 2.19. The summed E-state index contributed by atoms with van der Waals surface area (Å²) < 4.78 is 0. The average Bonchev–Trinajstić information content (AvgIpc) is 3.05. The first-order valence-corrected chi connectivity index (χ1v) is 6.86. The summed E-state index contributed by atoms with van der Waals surface area (Å²) in [7, 11) is 0. The molecule has 0 aliphatic heterocycles. The van der Waals surface area contributed by atoms with E-state index in [1.54, 1.807) is 0 Å². The number of hydrogen-bond donors (Lipinski definition) is 1. The Morgan fingerprint density at radius 1 is 0.762 bits per heavy atom. The van der Waals surface area contributed by atoms with Gasteiger partial charge in [-0.1, -0.05) is 48.5 Å². The van der Waals surface area contributed by atoms with Gasteiger partial charge in [0, 0.05) is 22.7 Å². The number of aromatic amines is 1. The molecule has 2 aromatic heterocycles. The molecule has 0 bridgehead atoms. The lowest BCUT2D eigenvalue weighted by Crippen LogP contribution is -1.82. The molecule has 0 unspecified atom stereocenters. The number of rotatable bonds is 2. The molecule has 4 rings (SSSR count). The quantitative estimate of drug-likeness (QED) is 0.591. The molecule has 0 atom stereocenters. The van der Waals surface area contributed by atoms with Gasteiger partial charge in [0.2, 0.25) is 0 Å². The minimum absolute atomic E-state index is 0.943. The molecule has 4 aromatic rings. The van der Waals surface area contributed by atoms with Gasteiger partial charge in [0.1, 0.15) is 0 Å². The van der Waals surface area contributed by atoms with E-state index in [2.05, 4.69) is 45.5 Å². The fourth-order valence-electron chi connectivity index (χ4n) is 2.44. The smallest absolute Gasteiger partial charge is 0.0927 e. The Hall–Kier alpha value is -2.94. The summed E-state index contributed by atoms with van der Waals surface area (Å²) >= 11 is 0. The van der Waals surface area contributed by atoms with Crippen molar-refractivity contribution in [1.82, 2.24) is 15.2 Å². The third-order valence-electron chi connectivity index (χ3n) is 3.55. The van der Waals surface area contributed by atoms with Crippen LogP contribution in [0.1, 0.15) is 0 Å². The Morgan fingerprint density at radius 3 is 2.48 bits per heavy atom. The predicted octanol–water partition coefficient (Wildman–Crippen LogP) is 4.29. The molecule has 0 spiro atoms. The predicted molar refractivity (Wildman–Crippen MR) is 84.8 cm³/mol. The molecule has 0 saturated heterocycles. The van der Waals surface area contributed by atoms with Gasteiger partial charge in [-0.3, -0.25) is 10.1 Å². The van der Waals surface area contributed by atoms with E-state index >= 15 is 0 Å². The van der Waals surface area contributed by atoms with E-state index in [1.807, 2.05) is 42.6 Å². The Kier molecular flexibility index (Phi) is 2.75. The van der Waals surface area contributed by atoms with Crippen molar-refractivity contribution in [1.29, 1.82) is 0 Å². The van der Waals surface area contributed by atoms with Gasteiger partial charge >= 0.3 is 0 Å². The zero-order valence-electron chi connectivity index (χ0n) is 11.3. The highest BCUT2D eigenvalue weighted by molar-refractivity contribution is 5.83. The molecule has 1 N–H and O–H groups in total. The number of aromatic nitrogens is 3. The number of H-pyrrole nitrogens is 1. The number of fused-ring (bicyclic) bond motifs is 1. The van der Waals surface area contributed by atoms with E-state index in [-0.39, 0.29) is 0 Å². The lowest BCUT2D eigenvalue weighted by molar-refractivity contribution is 1.10. The van der Waals surface area contributed by atoms with Gasteiger partial charge in [-0.15, -0.1) is 0 Å². The molecule has 0 amide bonds. The molecule has 2 aromatic carbocycles. The van der Waals surface area contributed by atoms with Gasteiger partial charge in [0.15, 0.2) is 0 Å². The highest BCUT2D eigenvalue weighted by Gasteiger charge is 2.06. The fourth-order valence-corrected chi connectivity index (χ4v) is 2.44. The van der Waals surface area contributed by atoms with Crippen LogP contribution in [0.2, 0.25) is 0 Å². The van der Waals surface area contributed by atoms with Crippen LogP contribution < -0.4 is 0 Å². The van der Waals surface area contributed by atoms with Crippen LogP contribution in [0, 0.1) is 0 Å². The van der Waals surface area contributed by atoms with Gasteiger partial charge in [-0.25, -0.2) is 0 Å². The van der Waals surface area contributed by atoms with Crippen LogP contribution in [-0.4, -0.2) is 15.2 Å². The molecule has 100 valence electrons. The summed E-state index contributed by atoms with van der Waals surface area (Å²) in [5.74, 6) is 0. The second-order valence-electron chi connectivity index (χ2n) is 4.95. The average molecular weight is 271 g/mol. The van der Waals surface area contributed by atoms with E-state index in [0.29, 0.717) is 0 Å². The number of nitrogens with zero attached hydrogens (tertiary/aromatic N) is 2. The molecule has 0 aliphatic rings. The maximum atomic E-state index is 4.49. The number of pyridine rings is 1. The Balaban J connectivity index is 1.77. The van der Waals surface area contributed by atoms with Crippen LogP contribution in [0.3, 0.4) is 0 Å². The van der Waals surface area contributed by atoms with Crippen molar-refractivity contribution in [3.8, 4) is 22.5 Å². The highest BCUT2D eigenvalue weighted by Crippen LogP contribution is 2.25. The number of para-hydroxylation sites is 1. The standard InChI is InChI=1S/C18H13N3/c1-2-6-13(7-3-1)17-11-18(21-20-17)15-10-14-8-4-5-9-16(14)19-12-15/h1-12H,(H,20,21). The van der Waals surface area contributed by atoms with Crippen molar-refractivity contribution in [2.45, 2.75) is 0 Å². The number of nitrogens with one attached hydrogen (secondary N) is 1. The molecule has 0 saturated carbocycles. The van der Waals surface area contributed by atoms with Gasteiger partial charge in [-0.05, 0) is 18.2 Å². The van der Waals surface area contributed by atoms with E-state index in [0.717, 1.165) is 33.4 Å². The minimum Gasteiger partial charge on any atom is -0.277 e.